The molecule has 3 atom stereocenters. The number of anilines is 2. The lowest BCUT2D eigenvalue weighted by atomic mass is 9.85. The molecule has 1 unspecified atom stereocenters. The van der Waals surface area contributed by atoms with Gasteiger partial charge in [-0.3, -0.25) is 24.1 Å². The van der Waals surface area contributed by atoms with E-state index in [1.807, 2.05) is 76.2 Å². The molecular formula is C55H60F3N7O7S2. The number of aliphatic hydroxyl groups is 1. The molecule has 0 spiro atoms. The van der Waals surface area contributed by atoms with Gasteiger partial charge in [0.05, 0.1) is 58.3 Å². The SMILES string of the molecule is Cc1ncsc1-c1ccc(CNC(=O)[C@@H]2C[C@@H](O)CN2C(=O)C(NC(=O)CCCCOc2ccc(CCCOc3ccc(N4C(=S)N(c5ccc(C#N)c(C(F)(F)F)c5)C(=O)C4(C)C)cc3)cc2)C(C)(C)C)cc1. The Kier molecular flexibility index (Phi) is 17.1. The lowest BCUT2D eigenvalue weighted by Crippen LogP contribution is -2.57. The molecule has 0 saturated carbocycles. The number of nitrogens with one attached hydrogen (secondary N) is 2. The number of aliphatic hydroxyl groups excluding tert-OH is 1. The molecule has 19 heteroatoms. The highest BCUT2D eigenvalue weighted by Crippen LogP contribution is 2.40. The fraction of sp³-hybridized carbons (Fsp3) is 0.400. The zero-order valence-electron chi connectivity index (χ0n) is 42.1. The number of likely N-dealkylation sites (tertiary alicyclic amines) is 1. The number of carbonyl (C=O) groups excluding carboxylic acids is 4. The van der Waals surface area contributed by atoms with Crippen molar-refractivity contribution in [1.29, 1.82) is 5.26 Å². The fourth-order valence-electron chi connectivity index (χ4n) is 8.96. The van der Waals surface area contributed by atoms with Crippen LogP contribution in [0.15, 0.2) is 96.5 Å². The molecule has 3 N–H and O–H groups in total. The molecule has 74 heavy (non-hydrogen) atoms. The molecule has 5 aromatic rings. The minimum absolute atomic E-state index is 0.00152. The van der Waals surface area contributed by atoms with Gasteiger partial charge in [0.1, 0.15) is 29.1 Å². The number of nitrogens with zero attached hydrogens (tertiary/aromatic N) is 5. The van der Waals surface area contributed by atoms with Crippen LogP contribution in [-0.2, 0) is 38.3 Å². The van der Waals surface area contributed by atoms with Crippen molar-refractivity contribution in [3.05, 3.63) is 124 Å². The number of ether oxygens (including phenoxy) is 2. The summed E-state index contributed by atoms with van der Waals surface area (Å²) < 4.78 is 53.2. The van der Waals surface area contributed by atoms with Crippen LogP contribution in [0.25, 0.3) is 10.4 Å². The molecule has 14 nitrogen and oxygen atoms in total. The van der Waals surface area contributed by atoms with Crippen LogP contribution in [0.5, 0.6) is 11.5 Å². The van der Waals surface area contributed by atoms with Crippen LogP contribution in [-0.4, -0.2) is 87.2 Å². The van der Waals surface area contributed by atoms with Crippen molar-refractivity contribution in [1.82, 2.24) is 20.5 Å². The minimum atomic E-state index is -4.80. The number of amides is 4. The number of aromatic nitrogens is 1. The summed E-state index contributed by atoms with van der Waals surface area (Å²) in [5.41, 5.74) is 2.64. The Balaban J connectivity index is 0.811. The Morgan fingerprint density at radius 3 is 2.15 bits per heavy atom. The molecule has 2 fully saturated rings. The van der Waals surface area contributed by atoms with E-state index in [1.54, 1.807) is 65.9 Å². The third kappa shape index (κ3) is 12.9. The summed E-state index contributed by atoms with van der Waals surface area (Å²) in [5, 5.41) is 25.7. The predicted octanol–water partition coefficient (Wildman–Crippen LogP) is 9.30. The number of hydrogen-bond donors (Lipinski definition) is 3. The predicted molar refractivity (Wildman–Crippen MR) is 280 cm³/mol. The third-order valence-electron chi connectivity index (χ3n) is 13.0. The van der Waals surface area contributed by atoms with Crippen LogP contribution in [0.3, 0.4) is 0 Å². The highest BCUT2D eigenvalue weighted by atomic mass is 32.1. The van der Waals surface area contributed by atoms with Gasteiger partial charge in [-0.15, -0.1) is 11.3 Å². The Bertz CT molecular complexity index is 2880. The molecule has 2 aliphatic heterocycles. The summed E-state index contributed by atoms with van der Waals surface area (Å²) in [5.74, 6) is -0.320. The van der Waals surface area contributed by atoms with Gasteiger partial charge in [-0.1, -0.05) is 57.2 Å². The van der Waals surface area contributed by atoms with E-state index in [9.17, 15) is 42.7 Å². The summed E-state index contributed by atoms with van der Waals surface area (Å²) in [7, 11) is 0. The van der Waals surface area contributed by atoms with Crippen molar-refractivity contribution in [3.8, 4) is 28.0 Å². The number of unbranched alkanes of at least 4 members (excludes halogenated alkanes) is 1. The quantitative estimate of drug-likeness (QED) is 0.0531. The van der Waals surface area contributed by atoms with Crippen LogP contribution < -0.4 is 29.9 Å². The average molecular weight is 1050 g/mol. The largest absolute Gasteiger partial charge is 0.494 e. The summed E-state index contributed by atoms with van der Waals surface area (Å²) in [6.07, 6.45) is -2.84. The number of β-amino-alcohol motifs (C(OH)–C–C–N with tert-alkyl or cyclic N) is 1. The number of thiazole rings is 1. The Morgan fingerprint density at radius 2 is 1.54 bits per heavy atom. The van der Waals surface area contributed by atoms with Gasteiger partial charge in [0, 0.05) is 31.6 Å². The average Bonchev–Trinajstić information content (AvgIpc) is 4.03. The monoisotopic (exact) mass is 1050 g/mol. The number of carbonyl (C=O) groups is 4. The molecule has 3 heterocycles. The molecule has 0 radical (unpaired) electrons. The van der Waals surface area contributed by atoms with Gasteiger partial charge in [-0.25, -0.2) is 4.98 Å². The highest BCUT2D eigenvalue weighted by molar-refractivity contribution is 7.81. The van der Waals surface area contributed by atoms with Crippen LogP contribution >= 0.6 is 23.6 Å². The van der Waals surface area contributed by atoms with E-state index in [-0.39, 0.29) is 48.5 Å². The molecule has 7 rings (SSSR count). The van der Waals surface area contributed by atoms with Gasteiger partial charge in [0.2, 0.25) is 17.7 Å². The van der Waals surface area contributed by atoms with Gasteiger partial charge in [0.15, 0.2) is 5.11 Å². The second kappa shape index (κ2) is 23.1. The smallest absolute Gasteiger partial charge is 0.417 e. The van der Waals surface area contributed by atoms with Crippen molar-refractivity contribution < 1.29 is 46.9 Å². The van der Waals surface area contributed by atoms with E-state index in [4.69, 9.17) is 21.7 Å². The van der Waals surface area contributed by atoms with Gasteiger partial charge in [-0.05, 0) is 135 Å². The van der Waals surface area contributed by atoms with E-state index in [2.05, 4.69) is 15.6 Å². The summed E-state index contributed by atoms with van der Waals surface area (Å²) >= 11 is 7.21. The zero-order chi connectivity index (χ0) is 53.5. The van der Waals surface area contributed by atoms with Crippen LogP contribution in [0.4, 0.5) is 24.5 Å². The van der Waals surface area contributed by atoms with Crippen molar-refractivity contribution in [2.45, 2.75) is 117 Å². The van der Waals surface area contributed by atoms with Gasteiger partial charge < -0.3 is 35.0 Å². The van der Waals surface area contributed by atoms with Crippen molar-refractivity contribution in [2.75, 3.05) is 29.6 Å². The van der Waals surface area contributed by atoms with E-state index in [0.717, 1.165) is 50.7 Å². The topological polar surface area (TPSA) is 177 Å². The summed E-state index contributed by atoms with van der Waals surface area (Å²) in [6.45, 7) is 11.8. The number of benzene rings is 4. The molecule has 1 aromatic heterocycles. The van der Waals surface area contributed by atoms with Crippen LogP contribution in [0, 0.1) is 23.7 Å². The number of aryl methyl sites for hydroxylation is 2. The van der Waals surface area contributed by atoms with E-state index in [1.165, 1.54) is 11.0 Å². The summed E-state index contributed by atoms with van der Waals surface area (Å²) in [6, 6.07) is 25.4. The molecule has 2 aliphatic rings. The lowest BCUT2D eigenvalue weighted by Gasteiger charge is -2.35. The van der Waals surface area contributed by atoms with E-state index >= 15 is 0 Å². The maximum absolute atomic E-state index is 14.0. The number of thiocarbonyl (C=S) groups is 1. The number of halogens is 3. The van der Waals surface area contributed by atoms with Crippen LogP contribution in [0.1, 0.15) is 94.7 Å². The Hall–Kier alpha value is -6.88. The molecular weight excluding hydrogens is 992 g/mol. The second-order valence-electron chi connectivity index (χ2n) is 20.0. The first kappa shape index (κ1) is 54.9. The standard InChI is InChI=1S/C55H60F3N7O7S2/c1-34-47(74-33-61-34)37-16-12-36(13-17-37)31-60-49(68)45-29-41(66)32-63(45)50(69)48(53(2,3)4)62-46(67)11-7-8-26-71-42-22-14-35(15-23-42)10-9-27-72-43-24-20-39(21-25-43)65-52(73)64(51(70)54(65,5)6)40-19-18-38(30-59)44(28-40)55(56,57)58/h12-25,28,33,41,45,48,66H,7-11,26-27,29,31-32H2,1-6H3,(H,60,68)(H,62,67)/t41-,45+,48?/m1/s1. The van der Waals surface area contributed by atoms with Crippen molar-refractivity contribution in [2.24, 2.45) is 5.41 Å². The number of hydrogen-bond acceptors (Lipinski definition) is 11. The second-order valence-corrected chi connectivity index (χ2v) is 21.2. The Labute approximate surface area is 438 Å². The normalized spacial score (nSPS) is 17.0. The molecule has 0 aliphatic carbocycles. The van der Waals surface area contributed by atoms with Gasteiger partial charge in [-0.2, -0.15) is 18.4 Å². The molecule has 4 aromatic carbocycles. The third-order valence-corrected chi connectivity index (χ3v) is 14.4. The van der Waals surface area contributed by atoms with E-state index < -0.39 is 58.3 Å². The molecule has 2 saturated heterocycles. The van der Waals surface area contributed by atoms with E-state index in [0.29, 0.717) is 49.7 Å². The molecule has 4 amide bonds. The number of rotatable bonds is 19. The van der Waals surface area contributed by atoms with Crippen molar-refractivity contribution in [3.63, 3.8) is 0 Å². The molecule has 390 valence electrons. The van der Waals surface area contributed by atoms with Crippen LogP contribution in [0.2, 0.25) is 0 Å². The van der Waals surface area contributed by atoms with Crippen molar-refractivity contribution >= 4 is 63.7 Å². The fourth-order valence-corrected chi connectivity index (χ4v) is 10.3. The number of alkyl halides is 3. The molecule has 0 bridgehead atoms. The first-order valence-corrected chi connectivity index (χ1v) is 25.6. The first-order chi connectivity index (χ1) is 35.1. The summed E-state index contributed by atoms with van der Waals surface area (Å²) in [4.78, 5) is 63.7. The first-order valence-electron chi connectivity index (χ1n) is 24.4. The highest BCUT2D eigenvalue weighted by Gasteiger charge is 2.51. The number of nitriles is 1. The van der Waals surface area contributed by atoms with Gasteiger partial charge in [0.25, 0.3) is 5.91 Å². The minimum Gasteiger partial charge on any atom is -0.494 e. The van der Waals surface area contributed by atoms with Gasteiger partial charge >= 0.3 is 6.18 Å². The Morgan fingerprint density at radius 1 is 0.919 bits per heavy atom. The lowest BCUT2D eigenvalue weighted by molar-refractivity contribution is -0.144. The zero-order valence-corrected chi connectivity index (χ0v) is 43.8. The maximum Gasteiger partial charge on any atom is 0.417 e. The maximum atomic E-state index is 14.0.